The molecule has 0 atom stereocenters. The maximum Gasteiger partial charge on any atom is 0.267 e. The summed E-state index contributed by atoms with van der Waals surface area (Å²) in [5.41, 5.74) is 2.74. The molecule has 1 aliphatic heterocycles. The van der Waals surface area contributed by atoms with Crippen molar-refractivity contribution in [1.29, 1.82) is 0 Å². The number of sulfonamides is 1. The van der Waals surface area contributed by atoms with Gasteiger partial charge in [0.2, 0.25) is 10.0 Å². The fraction of sp³-hybridized carbons (Fsp3) is 0.261. The highest BCUT2D eigenvalue weighted by molar-refractivity contribution is 7.89. The number of hydrogen-bond donors (Lipinski definition) is 1. The topological polar surface area (TPSA) is 75.7 Å². The van der Waals surface area contributed by atoms with E-state index in [0.29, 0.717) is 30.9 Å². The smallest absolute Gasteiger partial charge is 0.267 e. The normalized spacial score (nSPS) is 14.3. The molecule has 0 saturated heterocycles. The highest BCUT2D eigenvalue weighted by Gasteiger charge is 2.32. The van der Waals surface area contributed by atoms with E-state index in [9.17, 15) is 13.2 Å². The second-order valence-electron chi connectivity index (χ2n) is 7.62. The van der Waals surface area contributed by atoms with E-state index in [1.54, 1.807) is 29.6 Å². The van der Waals surface area contributed by atoms with Crippen LogP contribution in [0.25, 0.3) is 0 Å². The molecule has 0 fully saturated rings. The Kier molecular flexibility index (Phi) is 6.13. The Labute approximate surface area is 186 Å². The zero-order valence-corrected chi connectivity index (χ0v) is 19.0. The van der Waals surface area contributed by atoms with Gasteiger partial charge in [0.15, 0.2) is 0 Å². The molecule has 0 aliphatic carbocycles. The van der Waals surface area contributed by atoms with Crippen LogP contribution in [0.15, 0.2) is 64.9 Å². The monoisotopic (exact) mass is 456 g/mol. The van der Waals surface area contributed by atoms with Gasteiger partial charge in [0.05, 0.1) is 6.10 Å². The first-order valence-electron chi connectivity index (χ1n) is 10.1. The number of nitrogens with zero attached hydrogens (tertiary/aromatic N) is 1. The summed E-state index contributed by atoms with van der Waals surface area (Å²) in [7, 11) is -3.79. The van der Waals surface area contributed by atoms with Crippen LogP contribution >= 0.6 is 11.3 Å². The van der Waals surface area contributed by atoms with Crippen molar-refractivity contribution in [1.82, 2.24) is 4.31 Å². The standard InChI is InChI=1S/C23H24N2O4S2/c1-16(2)29-20-9-7-19(8-10-20)24-23(26)22-21(12-14-30-22)31(27,28)25-13-11-17-5-3-4-6-18(17)15-25/h3-10,12,14,16H,11,13,15H2,1-2H3,(H,24,26). The summed E-state index contributed by atoms with van der Waals surface area (Å²) in [6.07, 6.45) is 0.715. The second-order valence-corrected chi connectivity index (χ2v) is 10.4. The first-order valence-corrected chi connectivity index (χ1v) is 12.4. The number of anilines is 1. The fourth-order valence-electron chi connectivity index (χ4n) is 3.56. The number of rotatable bonds is 6. The zero-order valence-electron chi connectivity index (χ0n) is 17.4. The van der Waals surface area contributed by atoms with Crippen molar-refractivity contribution >= 4 is 33.0 Å². The number of nitrogens with one attached hydrogen (secondary N) is 1. The van der Waals surface area contributed by atoms with Crippen molar-refractivity contribution in [2.75, 3.05) is 11.9 Å². The van der Waals surface area contributed by atoms with Crippen LogP contribution in [0.3, 0.4) is 0 Å². The molecule has 1 amide bonds. The molecule has 6 nitrogen and oxygen atoms in total. The van der Waals surface area contributed by atoms with Crippen LogP contribution in [0.2, 0.25) is 0 Å². The maximum atomic E-state index is 13.3. The molecule has 0 bridgehead atoms. The van der Waals surface area contributed by atoms with Crippen molar-refractivity contribution in [3.05, 3.63) is 76.0 Å². The van der Waals surface area contributed by atoms with Crippen LogP contribution in [0.4, 0.5) is 5.69 Å². The number of carbonyl (C=O) groups is 1. The fourth-order valence-corrected chi connectivity index (χ4v) is 6.27. The van der Waals surface area contributed by atoms with Crippen molar-refractivity contribution in [3.63, 3.8) is 0 Å². The van der Waals surface area contributed by atoms with E-state index in [-0.39, 0.29) is 15.9 Å². The minimum atomic E-state index is -3.79. The molecule has 162 valence electrons. The molecule has 31 heavy (non-hydrogen) atoms. The van der Waals surface area contributed by atoms with Crippen molar-refractivity contribution < 1.29 is 17.9 Å². The van der Waals surface area contributed by atoms with Crippen LogP contribution in [0, 0.1) is 0 Å². The number of carbonyl (C=O) groups excluding carboxylic acids is 1. The Balaban J connectivity index is 1.52. The largest absolute Gasteiger partial charge is 0.491 e. The molecule has 1 aromatic heterocycles. The summed E-state index contributed by atoms with van der Waals surface area (Å²) in [6.45, 7) is 4.59. The summed E-state index contributed by atoms with van der Waals surface area (Å²) >= 11 is 1.12. The van der Waals surface area contributed by atoms with Crippen molar-refractivity contribution in [2.24, 2.45) is 0 Å². The minimum Gasteiger partial charge on any atom is -0.491 e. The van der Waals surface area contributed by atoms with Crippen molar-refractivity contribution in [3.8, 4) is 5.75 Å². The summed E-state index contributed by atoms with van der Waals surface area (Å²) in [6, 6.07) is 16.4. The number of hydrogen-bond acceptors (Lipinski definition) is 5. The van der Waals surface area contributed by atoms with Gasteiger partial charge in [0.1, 0.15) is 15.5 Å². The SMILES string of the molecule is CC(C)Oc1ccc(NC(=O)c2sccc2S(=O)(=O)N2CCc3ccccc3C2)cc1. The average Bonchev–Trinajstić information content (AvgIpc) is 3.25. The van der Waals surface area contributed by atoms with Gasteiger partial charge in [-0.25, -0.2) is 8.42 Å². The Morgan fingerprint density at radius 3 is 2.48 bits per heavy atom. The number of thiophene rings is 1. The Hall–Kier alpha value is -2.68. The number of benzene rings is 2. The molecule has 2 heterocycles. The Morgan fingerprint density at radius 2 is 1.77 bits per heavy atom. The summed E-state index contributed by atoms with van der Waals surface area (Å²) in [5.74, 6) is 0.265. The lowest BCUT2D eigenvalue weighted by Crippen LogP contribution is -2.36. The van der Waals surface area contributed by atoms with E-state index >= 15 is 0 Å². The second kappa shape index (κ2) is 8.82. The average molecular weight is 457 g/mol. The van der Waals surface area contributed by atoms with E-state index in [2.05, 4.69) is 5.32 Å². The van der Waals surface area contributed by atoms with Crippen LogP contribution in [0.1, 0.15) is 34.6 Å². The minimum absolute atomic E-state index is 0.0501. The molecule has 0 spiro atoms. The van der Waals surface area contributed by atoms with Gasteiger partial charge >= 0.3 is 0 Å². The first-order chi connectivity index (χ1) is 14.8. The van der Waals surface area contributed by atoms with Crippen molar-refractivity contribution in [2.45, 2.75) is 37.8 Å². The van der Waals surface area contributed by atoms with Gasteiger partial charge in [0.25, 0.3) is 5.91 Å². The summed E-state index contributed by atoms with van der Waals surface area (Å²) in [4.78, 5) is 13.1. The molecule has 0 saturated carbocycles. The molecule has 1 aliphatic rings. The van der Waals surface area contributed by atoms with Crippen LogP contribution in [0.5, 0.6) is 5.75 Å². The van der Waals surface area contributed by atoms with Crippen LogP contribution in [-0.4, -0.2) is 31.3 Å². The summed E-state index contributed by atoms with van der Waals surface area (Å²) < 4.78 is 33.7. The number of amides is 1. The molecule has 0 unspecified atom stereocenters. The molecule has 1 N–H and O–H groups in total. The lowest BCUT2D eigenvalue weighted by molar-refractivity contribution is 0.102. The lowest BCUT2D eigenvalue weighted by Gasteiger charge is -2.28. The van der Waals surface area contributed by atoms with Crippen LogP contribution < -0.4 is 10.1 Å². The molecular weight excluding hydrogens is 432 g/mol. The third-order valence-electron chi connectivity index (χ3n) is 5.03. The molecule has 3 aromatic rings. The summed E-state index contributed by atoms with van der Waals surface area (Å²) in [5, 5.41) is 4.43. The van der Waals surface area contributed by atoms with E-state index in [1.807, 2.05) is 38.1 Å². The van der Waals surface area contributed by atoms with E-state index in [0.717, 1.165) is 16.9 Å². The van der Waals surface area contributed by atoms with E-state index in [1.165, 1.54) is 15.9 Å². The molecule has 8 heteroatoms. The van der Waals surface area contributed by atoms with Gasteiger partial charge in [-0.3, -0.25) is 4.79 Å². The predicted octanol–water partition coefficient (Wildman–Crippen LogP) is 4.53. The first kappa shape index (κ1) is 21.5. The Morgan fingerprint density at radius 1 is 1.06 bits per heavy atom. The van der Waals surface area contributed by atoms with Crippen LogP contribution in [-0.2, 0) is 23.0 Å². The third kappa shape index (κ3) is 4.66. The quantitative estimate of drug-likeness (QED) is 0.591. The van der Waals surface area contributed by atoms with Gasteiger partial charge in [-0.05, 0) is 67.1 Å². The van der Waals surface area contributed by atoms with Gasteiger partial charge in [-0.1, -0.05) is 24.3 Å². The van der Waals surface area contributed by atoms with E-state index < -0.39 is 15.9 Å². The van der Waals surface area contributed by atoms with Gasteiger partial charge in [-0.15, -0.1) is 11.3 Å². The molecule has 0 radical (unpaired) electrons. The van der Waals surface area contributed by atoms with E-state index in [4.69, 9.17) is 4.74 Å². The molecule has 4 rings (SSSR count). The van der Waals surface area contributed by atoms with Gasteiger partial charge < -0.3 is 10.1 Å². The zero-order chi connectivity index (χ0) is 22.0. The van der Waals surface area contributed by atoms with Gasteiger partial charge in [0, 0.05) is 18.8 Å². The highest BCUT2D eigenvalue weighted by atomic mass is 32.2. The highest BCUT2D eigenvalue weighted by Crippen LogP contribution is 2.30. The Bertz CT molecular complexity index is 1180. The third-order valence-corrected chi connectivity index (χ3v) is 7.96. The lowest BCUT2D eigenvalue weighted by atomic mass is 10.0. The number of ether oxygens (including phenoxy) is 1. The van der Waals surface area contributed by atoms with Gasteiger partial charge in [-0.2, -0.15) is 4.31 Å². The molecular formula is C23H24N2O4S2. The maximum absolute atomic E-state index is 13.3. The number of fused-ring (bicyclic) bond motifs is 1. The predicted molar refractivity (Wildman–Crippen MR) is 122 cm³/mol. The molecule has 2 aromatic carbocycles.